The van der Waals surface area contributed by atoms with E-state index in [9.17, 15) is 14.7 Å². The van der Waals surface area contributed by atoms with Gasteiger partial charge in [-0.25, -0.2) is 4.79 Å². The minimum Gasteiger partial charge on any atom is -0.478 e. The van der Waals surface area contributed by atoms with Crippen molar-refractivity contribution < 1.29 is 14.7 Å². The summed E-state index contributed by atoms with van der Waals surface area (Å²) in [5.41, 5.74) is 2.06. The molecule has 0 bridgehead atoms. The maximum absolute atomic E-state index is 12.6. The van der Waals surface area contributed by atoms with Gasteiger partial charge in [-0.2, -0.15) is 0 Å². The maximum atomic E-state index is 12.6. The van der Waals surface area contributed by atoms with Crippen LogP contribution in [-0.4, -0.2) is 35.0 Å². The van der Waals surface area contributed by atoms with Gasteiger partial charge in [0.05, 0.1) is 5.56 Å². The lowest BCUT2D eigenvalue weighted by atomic mass is 9.93. The van der Waals surface area contributed by atoms with Gasteiger partial charge in [0.1, 0.15) is 0 Å². The van der Waals surface area contributed by atoms with Gasteiger partial charge in [-0.05, 0) is 42.7 Å². The molecule has 2 aromatic rings. The number of aryl methyl sites for hydroxylation is 1. The Hall–Kier alpha value is -2.33. The first-order chi connectivity index (χ1) is 12.3. The summed E-state index contributed by atoms with van der Waals surface area (Å²) in [7, 11) is 1.79. The van der Waals surface area contributed by atoms with Crippen LogP contribution >= 0.6 is 11.6 Å². The number of halogens is 1. The molecule has 0 spiro atoms. The number of benzene rings is 2. The zero-order valence-corrected chi connectivity index (χ0v) is 16.0. The molecular formula is C21H24ClNO3. The first-order valence-corrected chi connectivity index (χ1v) is 9.01. The Balaban J connectivity index is 2.00. The minimum absolute atomic E-state index is 0.00138. The van der Waals surface area contributed by atoms with Gasteiger partial charge < -0.3 is 10.0 Å². The molecule has 2 aromatic carbocycles. The van der Waals surface area contributed by atoms with E-state index in [0.717, 1.165) is 5.56 Å². The van der Waals surface area contributed by atoms with Crippen molar-refractivity contribution in [2.24, 2.45) is 0 Å². The van der Waals surface area contributed by atoms with Crippen LogP contribution in [0.25, 0.3) is 0 Å². The first kappa shape index (κ1) is 20.0. The first-order valence-electron chi connectivity index (χ1n) is 8.63. The Morgan fingerprint density at radius 2 is 1.69 bits per heavy atom. The number of rotatable bonds is 7. The maximum Gasteiger partial charge on any atom is 0.335 e. The summed E-state index contributed by atoms with van der Waals surface area (Å²) < 4.78 is 0. The Morgan fingerprint density at radius 1 is 1.08 bits per heavy atom. The fourth-order valence-corrected chi connectivity index (χ4v) is 3.10. The molecule has 0 radical (unpaired) electrons. The van der Waals surface area contributed by atoms with E-state index in [1.807, 2.05) is 31.2 Å². The number of amides is 1. The molecule has 5 heteroatoms. The molecule has 0 saturated heterocycles. The van der Waals surface area contributed by atoms with Gasteiger partial charge in [-0.3, -0.25) is 4.79 Å². The molecule has 4 nitrogen and oxygen atoms in total. The standard InChI is InChI=1S/C21H24ClNO3/c1-14(16-8-11-18(22)12-9-16)15(2)23(3)20(24)13-10-17-6-4-5-7-19(17)21(25)26/h4-9,11-12,14-15H,10,13H2,1-3H3,(H,25,26). The zero-order chi connectivity index (χ0) is 19.3. The number of carbonyl (C=O) groups excluding carboxylic acids is 1. The number of likely N-dealkylation sites (N-methyl/N-ethyl adjacent to an activating group) is 1. The van der Waals surface area contributed by atoms with Crippen molar-refractivity contribution in [1.29, 1.82) is 0 Å². The highest BCUT2D eigenvalue weighted by molar-refractivity contribution is 6.30. The van der Waals surface area contributed by atoms with E-state index in [2.05, 4.69) is 6.92 Å². The van der Waals surface area contributed by atoms with E-state index in [-0.39, 0.29) is 29.9 Å². The lowest BCUT2D eigenvalue weighted by Crippen LogP contribution is -2.38. The normalized spacial score (nSPS) is 13.1. The Bertz CT molecular complexity index is 773. The summed E-state index contributed by atoms with van der Waals surface area (Å²) >= 11 is 5.94. The van der Waals surface area contributed by atoms with E-state index in [4.69, 9.17) is 11.6 Å². The molecule has 2 unspecified atom stereocenters. The number of carbonyl (C=O) groups is 2. The summed E-state index contributed by atoms with van der Waals surface area (Å²) in [6, 6.07) is 14.5. The van der Waals surface area contributed by atoms with Crippen molar-refractivity contribution in [3.8, 4) is 0 Å². The molecule has 138 valence electrons. The monoisotopic (exact) mass is 373 g/mol. The molecular weight excluding hydrogens is 350 g/mol. The molecule has 0 aromatic heterocycles. The Kier molecular flexibility index (Phi) is 6.81. The summed E-state index contributed by atoms with van der Waals surface area (Å²) in [5, 5.41) is 9.93. The summed E-state index contributed by atoms with van der Waals surface area (Å²) in [5.74, 6) is -0.808. The molecule has 2 atom stereocenters. The van der Waals surface area contributed by atoms with Crippen molar-refractivity contribution in [3.63, 3.8) is 0 Å². The van der Waals surface area contributed by atoms with Gasteiger partial charge in [0.2, 0.25) is 5.91 Å². The van der Waals surface area contributed by atoms with Crippen LogP contribution in [0.3, 0.4) is 0 Å². The van der Waals surface area contributed by atoms with Crippen molar-refractivity contribution >= 4 is 23.5 Å². The van der Waals surface area contributed by atoms with Gasteiger partial charge >= 0.3 is 5.97 Å². The molecule has 0 aliphatic carbocycles. The fraction of sp³-hybridized carbons (Fsp3) is 0.333. The SMILES string of the molecule is CC(c1ccc(Cl)cc1)C(C)N(C)C(=O)CCc1ccccc1C(=O)O. The van der Waals surface area contributed by atoms with Crippen molar-refractivity contribution in [2.75, 3.05) is 7.05 Å². The van der Waals surface area contributed by atoms with Gasteiger partial charge in [-0.1, -0.05) is 48.9 Å². The molecule has 0 saturated carbocycles. The second kappa shape index (κ2) is 8.86. The van der Waals surface area contributed by atoms with E-state index in [1.54, 1.807) is 36.2 Å². The molecule has 0 heterocycles. The highest BCUT2D eigenvalue weighted by Gasteiger charge is 2.22. The van der Waals surface area contributed by atoms with E-state index >= 15 is 0 Å². The average molecular weight is 374 g/mol. The largest absolute Gasteiger partial charge is 0.478 e. The van der Waals surface area contributed by atoms with Crippen LogP contribution in [0, 0.1) is 0 Å². The summed E-state index contributed by atoms with van der Waals surface area (Å²) in [6.45, 7) is 4.10. The summed E-state index contributed by atoms with van der Waals surface area (Å²) in [4.78, 5) is 25.6. The Labute approximate surface area is 159 Å². The second-order valence-corrected chi connectivity index (χ2v) is 6.98. The van der Waals surface area contributed by atoms with Crippen LogP contribution in [0.1, 0.15) is 47.7 Å². The number of hydrogen-bond donors (Lipinski definition) is 1. The zero-order valence-electron chi connectivity index (χ0n) is 15.3. The lowest BCUT2D eigenvalue weighted by Gasteiger charge is -2.30. The quantitative estimate of drug-likeness (QED) is 0.770. The van der Waals surface area contributed by atoms with Gasteiger partial charge in [0.15, 0.2) is 0 Å². The van der Waals surface area contributed by atoms with Crippen LogP contribution in [-0.2, 0) is 11.2 Å². The molecule has 1 N–H and O–H groups in total. The number of hydrogen-bond acceptors (Lipinski definition) is 2. The van der Waals surface area contributed by atoms with Crippen molar-refractivity contribution in [1.82, 2.24) is 4.90 Å². The molecule has 1 amide bonds. The van der Waals surface area contributed by atoms with Crippen molar-refractivity contribution in [3.05, 3.63) is 70.2 Å². The fourth-order valence-electron chi connectivity index (χ4n) is 2.97. The van der Waals surface area contributed by atoms with Gasteiger partial charge in [-0.15, -0.1) is 0 Å². The topological polar surface area (TPSA) is 57.6 Å². The van der Waals surface area contributed by atoms with Crippen LogP contribution < -0.4 is 0 Å². The predicted molar refractivity (Wildman–Crippen MR) is 104 cm³/mol. The predicted octanol–water partition coefficient (Wildman–Crippen LogP) is 4.62. The van der Waals surface area contributed by atoms with E-state index < -0.39 is 5.97 Å². The third-order valence-corrected chi connectivity index (χ3v) is 5.23. The molecule has 0 aliphatic rings. The van der Waals surface area contributed by atoms with Crippen molar-refractivity contribution in [2.45, 2.75) is 38.6 Å². The van der Waals surface area contributed by atoms with Crippen LogP contribution in [0.2, 0.25) is 5.02 Å². The highest BCUT2D eigenvalue weighted by Crippen LogP contribution is 2.24. The minimum atomic E-state index is -0.967. The van der Waals surface area contributed by atoms with Gasteiger partial charge in [0.25, 0.3) is 0 Å². The van der Waals surface area contributed by atoms with E-state index in [0.29, 0.717) is 17.0 Å². The lowest BCUT2D eigenvalue weighted by molar-refractivity contribution is -0.132. The second-order valence-electron chi connectivity index (χ2n) is 6.55. The van der Waals surface area contributed by atoms with E-state index in [1.165, 1.54) is 0 Å². The average Bonchev–Trinajstić information content (AvgIpc) is 2.65. The number of nitrogens with zero attached hydrogens (tertiary/aromatic N) is 1. The third-order valence-electron chi connectivity index (χ3n) is 4.98. The number of carboxylic acid groups (broad SMARTS) is 1. The smallest absolute Gasteiger partial charge is 0.335 e. The molecule has 26 heavy (non-hydrogen) atoms. The molecule has 0 fully saturated rings. The Morgan fingerprint density at radius 3 is 2.31 bits per heavy atom. The van der Waals surface area contributed by atoms with Crippen LogP contribution in [0.4, 0.5) is 0 Å². The number of aromatic carboxylic acids is 1. The molecule has 2 rings (SSSR count). The van der Waals surface area contributed by atoms with Gasteiger partial charge in [0, 0.05) is 30.5 Å². The number of carboxylic acids is 1. The van der Waals surface area contributed by atoms with Crippen LogP contribution in [0.5, 0.6) is 0 Å². The highest BCUT2D eigenvalue weighted by atomic mass is 35.5. The summed E-state index contributed by atoms with van der Waals surface area (Å²) in [6.07, 6.45) is 0.687. The third kappa shape index (κ3) is 4.85. The molecule has 0 aliphatic heterocycles. The van der Waals surface area contributed by atoms with Crippen LogP contribution in [0.15, 0.2) is 48.5 Å².